The lowest BCUT2D eigenvalue weighted by molar-refractivity contribution is -0.132. The van der Waals surface area contributed by atoms with Crippen molar-refractivity contribution in [3.05, 3.63) is 89.7 Å². The summed E-state index contributed by atoms with van der Waals surface area (Å²) in [4.78, 5) is 14.6. The van der Waals surface area contributed by atoms with Crippen LogP contribution in [-0.4, -0.2) is 37.1 Å². The third-order valence-corrected chi connectivity index (χ3v) is 5.71. The largest absolute Gasteiger partial charge is 0.497 e. The van der Waals surface area contributed by atoms with Gasteiger partial charge in [0.05, 0.1) is 13.5 Å². The van der Waals surface area contributed by atoms with Gasteiger partial charge in [0.2, 0.25) is 5.91 Å². The molecule has 0 aromatic heterocycles. The van der Waals surface area contributed by atoms with E-state index in [0.29, 0.717) is 31.9 Å². The van der Waals surface area contributed by atoms with Crippen molar-refractivity contribution in [1.29, 1.82) is 0 Å². The number of amides is 1. The zero-order chi connectivity index (χ0) is 23.0. The SMILES string of the molecule is COc1cccc(CC(=O)N2CCC(Oc3ccc(OCc4cccc(F)c4)cc3)CC2)c1. The highest BCUT2D eigenvalue weighted by Crippen LogP contribution is 2.23. The molecule has 3 aromatic rings. The van der Waals surface area contributed by atoms with Crippen LogP contribution in [0.25, 0.3) is 0 Å². The van der Waals surface area contributed by atoms with Crippen LogP contribution in [0.5, 0.6) is 17.2 Å². The van der Waals surface area contributed by atoms with Crippen molar-refractivity contribution in [3.8, 4) is 17.2 Å². The Kier molecular flexibility index (Phi) is 7.45. The molecule has 0 unspecified atom stereocenters. The molecule has 1 fully saturated rings. The quantitative estimate of drug-likeness (QED) is 0.484. The van der Waals surface area contributed by atoms with Gasteiger partial charge < -0.3 is 19.1 Å². The van der Waals surface area contributed by atoms with E-state index < -0.39 is 0 Å². The second-order valence-electron chi connectivity index (χ2n) is 8.12. The lowest BCUT2D eigenvalue weighted by atomic mass is 10.1. The molecule has 1 saturated heterocycles. The van der Waals surface area contributed by atoms with Gasteiger partial charge in [0.15, 0.2) is 0 Å². The highest BCUT2D eigenvalue weighted by molar-refractivity contribution is 5.79. The number of hydrogen-bond donors (Lipinski definition) is 0. The Balaban J connectivity index is 1.22. The monoisotopic (exact) mass is 449 g/mol. The van der Waals surface area contributed by atoms with Gasteiger partial charge in [0.1, 0.15) is 35.8 Å². The minimum absolute atomic E-state index is 0.0740. The van der Waals surface area contributed by atoms with Gasteiger partial charge in [-0.2, -0.15) is 0 Å². The van der Waals surface area contributed by atoms with Crippen molar-refractivity contribution in [1.82, 2.24) is 4.90 Å². The summed E-state index contributed by atoms with van der Waals surface area (Å²) in [5, 5.41) is 0. The molecule has 172 valence electrons. The third kappa shape index (κ3) is 6.48. The molecule has 1 heterocycles. The maximum atomic E-state index is 13.3. The van der Waals surface area contributed by atoms with Crippen LogP contribution in [0.1, 0.15) is 24.0 Å². The number of benzene rings is 3. The Morgan fingerprint density at radius 2 is 1.61 bits per heavy atom. The number of carbonyl (C=O) groups is 1. The summed E-state index contributed by atoms with van der Waals surface area (Å²) in [7, 11) is 1.62. The number of nitrogens with zero attached hydrogens (tertiary/aromatic N) is 1. The van der Waals surface area contributed by atoms with E-state index in [9.17, 15) is 9.18 Å². The summed E-state index contributed by atoms with van der Waals surface area (Å²) in [5.41, 5.74) is 1.74. The predicted octanol–water partition coefficient (Wildman–Crippen LogP) is 5.03. The number of piperidine rings is 1. The van der Waals surface area contributed by atoms with Crippen molar-refractivity contribution in [2.75, 3.05) is 20.2 Å². The fourth-order valence-corrected chi connectivity index (χ4v) is 3.89. The van der Waals surface area contributed by atoms with Crippen LogP contribution in [0, 0.1) is 5.82 Å². The molecule has 0 atom stereocenters. The molecule has 1 amide bonds. The minimum Gasteiger partial charge on any atom is -0.497 e. The van der Waals surface area contributed by atoms with Crippen LogP contribution in [0.2, 0.25) is 0 Å². The molecule has 33 heavy (non-hydrogen) atoms. The molecule has 0 aliphatic carbocycles. The first-order valence-corrected chi connectivity index (χ1v) is 11.1. The molecule has 6 heteroatoms. The number of carbonyl (C=O) groups excluding carboxylic acids is 1. The maximum Gasteiger partial charge on any atom is 0.226 e. The van der Waals surface area contributed by atoms with Crippen molar-refractivity contribution >= 4 is 5.91 Å². The normalized spacial score (nSPS) is 14.1. The van der Waals surface area contributed by atoms with Crippen molar-refractivity contribution < 1.29 is 23.4 Å². The average Bonchev–Trinajstić information content (AvgIpc) is 2.84. The fourth-order valence-electron chi connectivity index (χ4n) is 3.89. The molecular formula is C27H28FNO4. The minimum atomic E-state index is -0.270. The number of methoxy groups -OCH3 is 1. The van der Waals surface area contributed by atoms with Crippen LogP contribution in [-0.2, 0) is 17.8 Å². The fraction of sp³-hybridized carbons (Fsp3) is 0.296. The van der Waals surface area contributed by atoms with Gasteiger partial charge >= 0.3 is 0 Å². The van der Waals surface area contributed by atoms with Crippen LogP contribution in [0.4, 0.5) is 4.39 Å². The van der Waals surface area contributed by atoms with E-state index in [0.717, 1.165) is 35.5 Å². The van der Waals surface area contributed by atoms with Crippen molar-refractivity contribution in [2.24, 2.45) is 0 Å². The first-order chi connectivity index (χ1) is 16.1. The molecule has 5 nitrogen and oxygen atoms in total. The second-order valence-corrected chi connectivity index (χ2v) is 8.12. The highest BCUT2D eigenvalue weighted by atomic mass is 19.1. The van der Waals surface area contributed by atoms with Gasteiger partial charge in [-0.05, 0) is 59.7 Å². The van der Waals surface area contributed by atoms with Crippen LogP contribution in [0.3, 0.4) is 0 Å². The summed E-state index contributed by atoms with van der Waals surface area (Å²) in [5.74, 6) is 2.09. The van der Waals surface area contributed by atoms with Gasteiger partial charge in [-0.3, -0.25) is 4.79 Å². The zero-order valence-electron chi connectivity index (χ0n) is 18.7. The van der Waals surface area contributed by atoms with Crippen LogP contribution >= 0.6 is 0 Å². The molecule has 4 rings (SSSR count). The number of hydrogen-bond acceptors (Lipinski definition) is 4. The molecule has 1 aliphatic rings. The molecule has 0 N–H and O–H groups in total. The summed E-state index contributed by atoms with van der Waals surface area (Å²) in [6, 6.07) is 21.4. The Hall–Kier alpha value is -3.54. The Morgan fingerprint density at radius 1 is 0.909 bits per heavy atom. The van der Waals surface area contributed by atoms with E-state index in [4.69, 9.17) is 14.2 Å². The summed E-state index contributed by atoms with van der Waals surface area (Å²) in [6.45, 7) is 1.67. The number of halogens is 1. The van der Waals surface area contributed by atoms with Crippen molar-refractivity contribution in [2.45, 2.75) is 32.0 Å². The van der Waals surface area contributed by atoms with E-state index in [1.54, 1.807) is 13.2 Å². The summed E-state index contributed by atoms with van der Waals surface area (Å²) < 4.78 is 30.3. The number of ether oxygens (including phenoxy) is 3. The molecule has 0 radical (unpaired) electrons. The third-order valence-electron chi connectivity index (χ3n) is 5.71. The van der Waals surface area contributed by atoms with Gasteiger partial charge in [-0.15, -0.1) is 0 Å². The lowest BCUT2D eigenvalue weighted by Crippen LogP contribution is -2.42. The van der Waals surface area contributed by atoms with Crippen LogP contribution < -0.4 is 14.2 Å². The Labute approximate surface area is 193 Å². The molecule has 0 bridgehead atoms. The number of likely N-dealkylation sites (tertiary alicyclic amines) is 1. The predicted molar refractivity (Wildman–Crippen MR) is 124 cm³/mol. The van der Waals surface area contributed by atoms with E-state index in [1.807, 2.05) is 59.5 Å². The van der Waals surface area contributed by atoms with Gasteiger partial charge in [0.25, 0.3) is 0 Å². The zero-order valence-corrected chi connectivity index (χ0v) is 18.7. The van der Waals surface area contributed by atoms with E-state index in [1.165, 1.54) is 12.1 Å². The van der Waals surface area contributed by atoms with Crippen LogP contribution in [0.15, 0.2) is 72.8 Å². The Bertz CT molecular complexity index is 1060. The van der Waals surface area contributed by atoms with Gasteiger partial charge in [-0.1, -0.05) is 24.3 Å². The lowest BCUT2D eigenvalue weighted by Gasteiger charge is -2.32. The van der Waals surface area contributed by atoms with Gasteiger partial charge in [0, 0.05) is 25.9 Å². The molecule has 3 aromatic carbocycles. The molecular weight excluding hydrogens is 421 g/mol. The standard InChI is InChI=1S/C27H28FNO4/c1-31-26-7-3-4-20(17-26)18-27(30)29-14-12-25(13-15-29)33-24-10-8-23(9-11-24)32-19-21-5-2-6-22(28)16-21/h2-11,16-17,25H,12-15,18-19H2,1H3. The highest BCUT2D eigenvalue weighted by Gasteiger charge is 2.24. The van der Waals surface area contributed by atoms with E-state index in [-0.39, 0.29) is 17.8 Å². The average molecular weight is 450 g/mol. The first kappa shape index (κ1) is 22.6. The first-order valence-electron chi connectivity index (χ1n) is 11.1. The molecule has 1 aliphatic heterocycles. The van der Waals surface area contributed by atoms with E-state index >= 15 is 0 Å². The molecule has 0 saturated carbocycles. The summed E-state index contributed by atoms with van der Waals surface area (Å²) in [6.07, 6.45) is 2.04. The van der Waals surface area contributed by atoms with E-state index in [2.05, 4.69) is 0 Å². The second kappa shape index (κ2) is 10.9. The molecule has 0 spiro atoms. The summed E-state index contributed by atoms with van der Waals surface area (Å²) >= 11 is 0. The topological polar surface area (TPSA) is 48.0 Å². The Morgan fingerprint density at radius 3 is 2.33 bits per heavy atom. The smallest absolute Gasteiger partial charge is 0.226 e. The maximum absolute atomic E-state index is 13.3. The van der Waals surface area contributed by atoms with Gasteiger partial charge in [-0.25, -0.2) is 4.39 Å². The van der Waals surface area contributed by atoms with Crippen molar-refractivity contribution in [3.63, 3.8) is 0 Å². The number of rotatable bonds is 8.